The molecule has 0 spiro atoms. The van der Waals surface area contributed by atoms with Crippen LogP contribution in [0.5, 0.6) is 5.75 Å². The van der Waals surface area contributed by atoms with Crippen LogP contribution in [-0.2, 0) is 4.74 Å². The van der Waals surface area contributed by atoms with E-state index in [2.05, 4.69) is 0 Å². The molecule has 0 aromatic heterocycles. The van der Waals surface area contributed by atoms with Gasteiger partial charge in [-0.1, -0.05) is 0 Å². The van der Waals surface area contributed by atoms with Crippen LogP contribution < -0.4 is 4.74 Å². The van der Waals surface area contributed by atoms with Crippen LogP contribution in [-0.4, -0.2) is 44.2 Å². The van der Waals surface area contributed by atoms with Crippen molar-refractivity contribution in [3.63, 3.8) is 0 Å². The summed E-state index contributed by atoms with van der Waals surface area (Å²) in [6.07, 6.45) is -2.06. The van der Waals surface area contributed by atoms with Crippen molar-refractivity contribution in [2.75, 3.05) is 27.4 Å². The van der Waals surface area contributed by atoms with Gasteiger partial charge in [-0.05, 0) is 32.0 Å². The largest absolute Gasteiger partial charge is 0.493 e. The molecular formula is C16H23F2NO3. The molecule has 22 heavy (non-hydrogen) atoms. The number of nitrogens with zero attached hydrogens (tertiary/aromatic N) is 1. The maximum Gasteiger partial charge on any atom is 0.267 e. The molecule has 1 aromatic rings. The maximum atomic E-state index is 13.0. The van der Waals surface area contributed by atoms with Crippen LogP contribution in [0.2, 0.25) is 0 Å². The zero-order valence-corrected chi connectivity index (χ0v) is 13.4. The monoisotopic (exact) mass is 315 g/mol. The smallest absolute Gasteiger partial charge is 0.267 e. The number of hydrogen-bond acceptors (Lipinski definition) is 3. The topological polar surface area (TPSA) is 38.8 Å². The van der Waals surface area contributed by atoms with Crippen molar-refractivity contribution in [3.8, 4) is 5.75 Å². The lowest BCUT2D eigenvalue weighted by Crippen LogP contribution is -2.33. The molecule has 0 N–H and O–H groups in total. The minimum Gasteiger partial charge on any atom is -0.493 e. The van der Waals surface area contributed by atoms with E-state index in [1.807, 2.05) is 13.8 Å². The molecule has 1 aromatic carbocycles. The molecule has 4 nitrogen and oxygen atoms in total. The quantitative estimate of drug-likeness (QED) is 0.689. The summed E-state index contributed by atoms with van der Waals surface area (Å²) in [5.74, 6) is -0.174. The summed E-state index contributed by atoms with van der Waals surface area (Å²) < 4.78 is 36.3. The van der Waals surface area contributed by atoms with Gasteiger partial charge in [0.2, 0.25) is 0 Å². The summed E-state index contributed by atoms with van der Waals surface area (Å²) >= 11 is 0. The molecule has 0 fully saturated rings. The molecule has 0 saturated carbocycles. The Morgan fingerprint density at radius 2 is 1.95 bits per heavy atom. The van der Waals surface area contributed by atoms with Crippen molar-refractivity contribution in [2.24, 2.45) is 0 Å². The number of amides is 1. The number of rotatable bonds is 8. The third-order valence-electron chi connectivity index (χ3n) is 3.34. The van der Waals surface area contributed by atoms with Crippen LogP contribution in [0.15, 0.2) is 18.2 Å². The first-order valence-electron chi connectivity index (χ1n) is 7.19. The van der Waals surface area contributed by atoms with E-state index in [0.29, 0.717) is 18.6 Å². The number of benzene rings is 1. The molecule has 6 heteroatoms. The Balaban J connectivity index is 2.95. The third kappa shape index (κ3) is 4.94. The molecule has 0 aliphatic carbocycles. The first-order chi connectivity index (χ1) is 10.4. The molecule has 0 aliphatic rings. The Bertz CT molecular complexity index is 492. The summed E-state index contributed by atoms with van der Waals surface area (Å²) in [7, 11) is 3.23. The average Bonchev–Trinajstić information content (AvgIpc) is 2.49. The molecule has 0 aliphatic heterocycles. The van der Waals surface area contributed by atoms with Crippen molar-refractivity contribution in [2.45, 2.75) is 32.7 Å². The minimum absolute atomic E-state index is 0.0216. The Labute approximate surface area is 130 Å². The number of alkyl halides is 2. The summed E-state index contributed by atoms with van der Waals surface area (Å²) in [6, 6.07) is 4.06. The number of carbonyl (C=O) groups is 1. The molecule has 0 atom stereocenters. The highest BCUT2D eigenvalue weighted by Gasteiger charge is 2.19. The summed E-state index contributed by atoms with van der Waals surface area (Å²) in [4.78, 5) is 13.8. The minimum atomic E-state index is -2.65. The van der Waals surface area contributed by atoms with Gasteiger partial charge in [-0.15, -0.1) is 0 Å². The second-order valence-corrected chi connectivity index (χ2v) is 5.26. The van der Waals surface area contributed by atoms with Crippen LogP contribution in [0.3, 0.4) is 0 Å². The highest BCUT2D eigenvalue weighted by atomic mass is 19.3. The standard InChI is InChI=1S/C16H23F2NO3/c1-11(2)19(3)16(20)12-6-7-13(15(17)18)14(10-12)22-9-5-8-21-4/h6-7,10-11,15H,5,8-9H2,1-4H3. The molecule has 0 saturated heterocycles. The molecule has 1 rings (SSSR count). The summed E-state index contributed by atoms with van der Waals surface area (Å²) in [6.45, 7) is 4.51. The lowest BCUT2D eigenvalue weighted by atomic mass is 10.1. The Morgan fingerprint density at radius 1 is 1.27 bits per heavy atom. The average molecular weight is 315 g/mol. The van der Waals surface area contributed by atoms with Crippen LogP contribution in [0.25, 0.3) is 0 Å². The van der Waals surface area contributed by atoms with Gasteiger partial charge in [0.15, 0.2) is 0 Å². The number of halogens is 2. The van der Waals surface area contributed by atoms with Gasteiger partial charge in [-0.2, -0.15) is 0 Å². The van der Waals surface area contributed by atoms with Gasteiger partial charge in [-0.25, -0.2) is 8.78 Å². The van der Waals surface area contributed by atoms with Crippen LogP contribution in [0.1, 0.15) is 42.6 Å². The van der Waals surface area contributed by atoms with E-state index in [1.54, 1.807) is 19.1 Å². The first-order valence-corrected chi connectivity index (χ1v) is 7.19. The van der Waals surface area contributed by atoms with E-state index in [9.17, 15) is 13.6 Å². The van der Waals surface area contributed by atoms with Gasteiger partial charge in [0, 0.05) is 38.8 Å². The van der Waals surface area contributed by atoms with Crippen LogP contribution in [0.4, 0.5) is 8.78 Å². The molecule has 1 amide bonds. The van der Waals surface area contributed by atoms with Gasteiger partial charge in [-0.3, -0.25) is 4.79 Å². The van der Waals surface area contributed by atoms with Crippen molar-refractivity contribution >= 4 is 5.91 Å². The SMILES string of the molecule is COCCCOc1cc(C(=O)N(C)C(C)C)ccc1C(F)F. The van der Waals surface area contributed by atoms with Gasteiger partial charge >= 0.3 is 0 Å². The van der Waals surface area contributed by atoms with Gasteiger partial charge < -0.3 is 14.4 Å². The Morgan fingerprint density at radius 3 is 2.50 bits per heavy atom. The van der Waals surface area contributed by atoms with Crippen molar-refractivity contribution < 1.29 is 23.0 Å². The van der Waals surface area contributed by atoms with Gasteiger partial charge in [0.1, 0.15) is 5.75 Å². The van der Waals surface area contributed by atoms with Crippen molar-refractivity contribution in [1.29, 1.82) is 0 Å². The Hall–Kier alpha value is -1.69. The predicted octanol–water partition coefficient (Wildman–Crippen LogP) is 3.52. The molecule has 124 valence electrons. The van der Waals surface area contributed by atoms with Gasteiger partial charge in [0.05, 0.1) is 12.2 Å². The fraction of sp³-hybridized carbons (Fsp3) is 0.562. The first kappa shape index (κ1) is 18.4. The van der Waals surface area contributed by atoms with E-state index in [-0.39, 0.29) is 29.9 Å². The van der Waals surface area contributed by atoms with Crippen LogP contribution >= 0.6 is 0 Å². The fourth-order valence-corrected chi connectivity index (χ4v) is 1.80. The zero-order chi connectivity index (χ0) is 16.7. The molecule has 0 bridgehead atoms. The molecule has 0 unspecified atom stereocenters. The zero-order valence-electron chi connectivity index (χ0n) is 13.4. The van der Waals surface area contributed by atoms with Gasteiger partial charge in [0.25, 0.3) is 12.3 Å². The molecule has 0 radical (unpaired) electrons. The highest BCUT2D eigenvalue weighted by Crippen LogP contribution is 2.30. The third-order valence-corrected chi connectivity index (χ3v) is 3.34. The highest BCUT2D eigenvalue weighted by molar-refractivity contribution is 5.94. The Kier molecular flexibility index (Phi) is 7.24. The second kappa shape index (κ2) is 8.68. The van der Waals surface area contributed by atoms with E-state index < -0.39 is 6.43 Å². The van der Waals surface area contributed by atoms with E-state index in [0.717, 1.165) is 0 Å². The number of ether oxygens (including phenoxy) is 2. The van der Waals surface area contributed by atoms with Crippen molar-refractivity contribution in [1.82, 2.24) is 4.90 Å². The lowest BCUT2D eigenvalue weighted by Gasteiger charge is -2.22. The second-order valence-electron chi connectivity index (χ2n) is 5.26. The molecular weight excluding hydrogens is 292 g/mol. The number of hydrogen-bond donors (Lipinski definition) is 0. The predicted molar refractivity (Wildman–Crippen MR) is 80.6 cm³/mol. The summed E-state index contributed by atoms with van der Waals surface area (Å²) in [5, 5.41) is 0. The van der Waals surface area contributed by atoms with E-state index in [4.69, 9.17) is 9.47 Å². The maximum absolute atomic E-state index is 13.0. The summed E-state index contributed by atoms with van der Waals surface area (Å²) in [5.41, 5.74) is 0.128. The van der Waals surface area contributed by atoms with E-state index in [1.165, 1.54) is 18.2 Å². The number of methoxy groups -OCH3 is 1. The number of carbonyl (C=O) groups excluding carboxylic acids is 1. The molecule has 0 heterocycles. The normalized spacial score (nSPS) is 11.1. The van der Waals surface area contributed by atoms with E-state index >= 15 is 0 Å². The van der Waals surface area contributed by atoms with Crippen molar-refractivity contribution in [3.05, 3.63) is 29.3 Å². The lowest BCUT2D eigenvalue weighted by molar-refractivity contribution is 0.0753. The van der Waals surface area contributed by atoms with Crippen LogP contribution in [0, 0.1) is 0 Å². The fourth-order valence-electron chi connectivity index (χ4n) is 1.80.